The van der Waals surface area contributed by atoms with Crippen molar-refractivity contribution in [1.29, 1.82) is 0 Å². The molecule has 1 saturated heterocycles. The van der Waals surface area contributed by atoms with Gasteiger partial charge < -0.3 is 5.32 Å². The largest absolute Gasteiger partial charge is 0.352 e. The molecule has 1 aliphatic carbocycles. The van der Waals surface area contributed by atoms with Crippen LogP contribution < -0.4 is 5.32 Å². The van der Waals surface area contributed by atoms with Crippen LogP contribution in [0, 0.1) is 11.3 Å². The predicted octanol–water partition coefficient (Wildman–Crippen LogP) is 3.06. The Balaban J connectivity index is 1.25. The van der Waals surface area contributed by atoms with Gasteiger partial charge in [0.2, 0.25) is 5.91 Å². The van der Waals surface area contributed by atoms with Crippen LogP contribution in [0.25, 0.3) is 0 Å². The summed E-state index contributed by atoms with van der Waals surface area (Å²) in [6, 6.07) is 8.23. The van der Waals surface area contributed by atoms with E-state index >= 15 is 0 Å². The maximum Gasteiger partial charge on any atom is 0.223 e. The second-order valence-electron chi connectivity index (χ2n) is 7.05. The number of likely N-dealkylation sites (tertiary alicyclic amines) is 1. The van der Waals surface area contributed by atoms with Gasteiger partial charge in [-0.25, -0.2) is 0 Å². The molecule has 2 aromatic rings. The Labute approximate surface area is 146 Å². The van der Waals surface area contributed by atoms with Crippen molar-refractivity contribution < 1.29 is 4.79 Å². The molecule has 3 heterocycles. The fraction of sp³-hybridized carbons (Fsp3) is 0.474. The minimum Gasteiger partial charge on any atom is -0.352 e. The van der Waals surface area contributed by atoms with Crippen LogP contribution in [0.1, 0.15) is 29.7 Å². The molecule has 2 fully saturated rings. The molecular formula is C19H23N3OS. The van der Waals surface area contributed by atoms with Crippen LogP contribution in [0.4, 0.5) is 0 Å². The fourth-order valence-electron chi connectivity index (χ4n) is 3.86. The topological polar surface area (TPSA) is 45.2 Å². The van der Waals surface area contributed by atoms with Crippen molar-refractivity contribution in [2.24, 2.45) is 11.3 Å². The molecule has 0 bridgehead atoms. The van der Waals surface area contributed by atoms with Gasteiger partial charge in [0.05, 0.1) is 0 Å². The Morgan fingerprint density at radius 1 is 1.29 bits per heavy atom. The summed E-state index contributed by atoms with van der Waals surface area (Å²) in [5.74, 6) is 0.460. The zero-order valence-electron chi connectivity index (χ0n) is 13.8. The number of pyridine rings is 1. The van der Waals surface area contributed by atoms with Crippen LogP contribution in [0.3, 0.4) is 0 Å². The predicted molar refractivity (Wildman–Crippen MR) is 95.5 cm³/mol. The molecule has 126 valence electrons. The molecule has 1 aliphatic heterocycles. The molecule has 4 nitrogen and oxygen atoms in total. The second-order valence-corrected chi connectivity index (χ2v) is 8.08. The second kappa shape index (κ2) is 6.65. The van der Waals surface area contributed by atoms with E-state index in [0.717, 1.165) is 44.5 Å². The van der Waals surface area contributed by atoms with Crippen LogP contribution in [0.2, 0.25) is 0 Å². The van der Waals surface area contributed by atoms with Gasteiger partial charge in [-0.2, -0.15) is 0 Å². The Bertz CT molecular complexity index is 678. The molecule has 2 aromatic heterocycles. The number of nitrogens with zero attached hydrogens (tertiary/aromatic N) is 2. The Kier molecular flexibility index (Phi) is 4.37. The molecule has 5 heteroatoms. The zero-order chi connectivity index (χ0) is 16.4. The van der Waals surface area contributed by atoms with E-state index in [0.29, 0.717) is 6.54 Å². The summed E-state index contributed by atoms with van der Waals surface area (Å²) >= 11 is 1.83. The first-order chi connectivity index (χ1) is 11.8. The molecule has 1 saturated carbocycles. The molecule has 2 aliphatic rings. The Morgan fingerprint density at radius 2 is 2.08 bits per heavy atom. The molecule has 0 aromatic carbocycles. The lowest BCUT2D eigenvalue weighted by Crippen LogP contribution is -2.36. The van der Waals surface area contributed by atoms with Gasteiger partial charge in [-0.1, -0.05) is 6.07 Å². The molecule has 1 atom stereocenters. The third-order valence-electron chi connectivity index (χ3n) is 5.53. The standard InChI is InChI=1S/C19H23N3OS/c23-18(21-13-15-3-7-20-8-4-15)17-12-19(17)5-9-22(10-6-19)14-16-2-1-11-24-16/h1-4,7-8,11,17H,5-6,9-10,12-14H2,(H,21,23). The lowest BCUT2D eigenvalue weighted by molar-refractivity contribution is -0.123. The highest BCUT2D eigenvalue weighted by Gasteiger charge is 2.58. The van der Waals surface area contributed by atoms with E-state index in [2.05, 4.69) is 32.7 Å². The van der Waals surface area contributed by atoms with Crippen molar-refractivity contribution in [3.63, 3.8) is 0 Å². The number of rotatable bonds is 5. The molecule has 0 radical (unpaired) electrons. The van der Waals surface area contributed by atoms with E-state index in [9.17, 15) is 4.79 Å². The first kappa shape index (κ1) is 15.8. The quantitative estimate of drug-likeness (QED) is 0.909. The number of hydrogen-bond donors (Lipinski definition) is 1. The van der Waals surface area contributed by atoms with Crippen LogP contribution in [-0.2, 0) is 17.9 Å². The molecular weight excluding hydrogens is 318 g/mol. The molecule has 1 amide bonds. The summed E-state index contributed by atoms with van der Waals surface area (Å²) in [6.07, 6.45) is 6.92. The summed E-state index contributed by atoms with van der Waals surface area (Å²) in [5, 5.41) is 5.25. The minimum atomic E-state index is 0.225. The SMILES string of the molecule is O=C(NCc1ccncc1)C1CC12CCN(Cc1cccs1)CC2. The van der Waals surface area contributed by atoms with Crippen LogP contribution in [0.15, 0.2) is 42.0 Å². The summed E-state index contributed by atoms with van der Waals surface area (Å²) < 4.78 is 0. The van der Waals surface area contributed by atoms with Crippen molar-refractivity contribution in [1.82, 2.24) is 15.2 Å². The average molecular weight is 341 g/mol. The van der Waals surface area contributed by atoms with Crippen molar-refractivity contribution in [3.05, 3.63) is 52.5 Å². The lowest BCUT2D eigenvalue weighted by atomic mass is 9.90. The first-order valence-electron chi connectivity index (χ1n) is 8.67. The molecule has 1 unspecified atom stereocenters. The number of piperidine rings is 1. The van der Waals surface area contributed by atoms with Crippen LogP contribution >= 0.6 is 11.3 Å². The minimum absolute atomic E-state index is 0.225. The van der Waals surface area contributed by atoms with Gasteiger partial charge in [0.25, 0.3) is 0 Å². The summed E-state index contributed by atoms with van der Waals surface area (Å²) in [4.78, 5) is 20.4. The van der Waals surface area contributed by atoms with Crippen molar-refractivity contribution in [2.45, 2.75) is 32.4 Å². The molecule has 1 N–H and O–H groups in total. The maximum atomic E-state index is 12.5. The number of aromatic nitrogens is 1. The van der Waals surface area contributed by atoms with Crippen LogP contribution in [-0.4, -0.2) is 28.9 Å². The third-order valence-corrected chi connectivity index (χ3v) is 6.39. The number of nitrogens with one attached hydrogen (secondary N) is 1. The average Bonchev–Trinajstić information content (AvgIpc) is 3.07. The lowest BCUT2D eigenvalue weighted by Gasteiger charge is -2.32. The van der Waals surface area contributed by atoms with Crippen molar-refractivity contribution in [2.75, 3.05) is 13.1 Å². The number of amides is 1. The first-order valence-corrected chi connectivity index (χ1v) is 9.54. The smallest absolute Gasteiger partial charge is 0.223 e. The zero-order valence-corrected chi connectivity index (χ0v) is 14.6. The van der Waals surface area contributed by atoms with Gasteiger partial charge in [0.1, 0.15) is 0 Å². The highest BCUT2D eigenvalue weighted by molar-refractivity contribution is 7.09. The molecule has 24 heavy (non-hydrogen) atoms. The molecule has 1 spiro atoms. The number of hydrogen-bond acceptors (Lipinski definition) is 4. The van der Waals surface area contributed by atoms with E-state index in [4.69, 9.17) is 0 Å². The summed E-state index contributed by atoms with van der Waals surface area (Å²) in [7, 11) is 0. The van der Waals surface area contributed by atoms with Crippen molar-refractivity contribution in [3.8, 4) is 0 Å². The van der Waals surface area contributed by atoms with Crippen LogP contribution in [0.5, 0.6) is 0 Å². The summed E-state index contributed by atoms with van der Waals surface area (Å²) in [5.41, 5.74) is 1.40. The maximum absolute atomic E-state index is 12.5. The Hall–Kier alpha value is -1.72. The highest BCUT2D eigenvalue weighted by atomic mass is 32.1. The van der Waals surface area contributed by atoms with E-state index in [-0.39, 0.29) is 17.2 Å². The van der Waals surface area contributed by atoms with E-state index in [1.807, 2.05) is 23.5 Å². The van der Waals surface area contributed by atoms with Gasteiger partial charge in [-0.3, -0.25) is 14.7 Å². The third kappa shape index (κ3) is 3.37. The van der Waals surface area contributed by atoms with E-state index in [1.165, 1.54) is 4.88 Å². The number of thiophene rings is 1. The van der Waals surface area contributed by atoms with Gasteiger partial charge in [-0.15, -0.1) is 11.3 Å². The Morgan fingerprint density at radius 3 is 2.79 bits per heavy atom. The van der Waals surface area contributed by atoms with E-state index < -0.39 is 0 Å². The monoisotopic (exact) mass is 341 g/mol. The fourth-order valence-corrected chi connectivity index (χ4v) is 4.61. The number of carbonyl (C=O) groups excluding carboxylic acids is 1. The number of carbonyl (C=O) groups is 1. The van der Waals surface area contributed by atoms with Gasteiger partial charge in [0, 0.05) is 36.3 Å². The van der Waals surface area contributed by atoms with Gasteiger partial charge >= 0.3 is 0 Å². The van der Waals surface area contributed by atoms with Gasteiger partial charge in [0.15, 0.2) is 0 Å². The van der Waals surface area contributed by atoms with E-state index in [1.54, 1.807) is 12.4 Å². The summed E-state index contributed by atoms with van der Waals surface area (Å²) in [6.45, 7) is 3.91. The van der Waals surface area contributed by atoms with Gasteiger partial charge in [-0.05, 0) is 66.9 Å². The normalized spacial score (nSPS) is 22.4. The molecule has 4 rings (SSSR count). The highest BCUT2D eigenvalue weighted by Crippen LogP contribution is 2.59. The van der Waals surface area contributed by atoms with Crippen molar-refractivity contribution >= 4 is 17.2 Å².